The third-order valence-electron chi connectivity index (χ3n) is 5.88. The number of hydrogen-bond donors (Lipinski definition) is 0. The Morgan fingerprint density at radius 2 is 1.81 bits per heavy atom. The van der Waals surface area contributed by atoms with Gasteiger partial charge in [0.1, 0.15) is 0 Å². The number of likely N-dealkylation sites (tertiary alicyclic amines) is 1. The third-order valence-corrected chi connectivity index (χ3v) is 5.88. The summed E-state index contributed by atoms with van der Waals surface area (Å²) in [6.45, 7) is 3.04. The number of Topliss-reactive ketones (excluding diaryl/α,β-unsaturated/α-hetero) is 1. The molecule has 3 aromatic heterocycles. The molecule has 6 nitrogen and oxygen atoms in total. The quantitative estimate of drug-likeness (QED) is 0.448. The summed E-state index contributed by atoms with van der Waals surface area (Å²) in [7, 11) is 1.91. The van der Waals surface area contributed by atoms with Gasteiger partial charge in [0.05, 0.1) is 18.3 Å². The van der Waals surface area contributed by atoms with Crippen molar-refractivity contribution in [1.29, 1.82) is 0 Å². The zero-order valence-corrected chi connectivity index (χ0v) is 17.7. The Bertz CT molecular complexity index is 1240. The van der Waals surface area contributed by atoms with Gasteiger partial charge in [-0.05, 0) is 61.1 Å². The first kappa shape index (κ1) is 19.6. The first-order valence-electron chi connectivity index (χ1n) is 10.7. The molecule has 6 heteroatoms. The highest BCUT2D eigenvalue weighted by Crippen LogP contribution is 2.24. The highest BCUT2D eigenvalue weighted by atomic mass is 16.1. The fraction of sp³-hybridized carbons (Fsp3) is 0.280. The average molecular weight is 412 g/mol. The highest BCUT2D eigenvalue weighted by Gasteiger charge is 2.15. The molecule has 0 aliphatic carbocycles. The number of carbonyl (C=O) groups excluding carboxylic acids is 1. The highest BCUT2D eigenvalue weighted by molar-refractivity contribution is 5.98. The van der Waals surface area contributed by atoms with Gasteiger partial charge in [0, 0.05) is 54.4 Å². The van der Waals surface area contributed by atoms with Gasteiger partial charge in [-0.3, -0.25) is 24.3 Å². The van der Waals surface area contributed by atoms with E-state index in [-0.39, 0.29) is 12.2 Å². The fourth-order valence-corrected chi connectivity index (χ4v) is 4.21. The molecule has 1 aliphatic rings. The van der Waals surface area contributed by atoms with Gasteiger partial charge in [-0.15, -0.1) is 0 Å². The summed E-state index contributed by atoms with van der Waals surface area (Å²) in [5.41, 5.74) is 4.61. The standard InChI is InChI=1S/C25H25N5O/c1-29-16-22(15-28-29)18-4-5-20-14-27-23(12-21(20)10-18)13-25(31)19-6-7-26-24(11-19)17-30-8-2-3-9-30/h4-7,10-12,14-16H,2-3,8-9,13,17H2,1H3. The molecule has 0 unspecified atom stereocenters. The molecule has 1 aromatic carbocycles. The Kier molecular flexibility index (Phi) is 5.30. The Morgan fingerprint density at radius 3 is 2.61 bits per heavy atom. The van der Waals surface area contributed by atoms with Crippen LogP contribution >= 0.6 is 0 Å². The number of aryl methyl sites for hydroxylation is 1. The van der Waals surface area contributed by atoms with Crippen LogP contribution in [0.2, 0.25) is 0 Å². The minimum absolute atomic E-state index is 0.0698. The molecular weight excluding hydrogens is 386 g/mol. The number of fused-ring (bicyclic) bond motifs is 1. The zero-order valence-electron chi connectivity index (χ0n) is 17.7. The van der Waals surface area contributed by atoms with E-state index >= 15 is 0 Å². The van der Waals surface area contributed by atoms with E-state index in [1.54, 1.807) is 16.9 Å². The number of hydrogen-bond acceptors (Lipinski definition) is 5. The molecule has 1 fully saturated rings. The first-order chi connectivity index (χ1) is 15.1. The smallest absolute Gasteiger partial charge is 0.168 e. The molecule has 0 atom stereocenters. The zero-order chi connectivity index (χ0) is 21.2. The SMILES string of the molecule is Cn1cc(-c2ccc3cnc(CC(=O)c4ccnc(CN5CCCC5)c4)cc3c2)cn1. The number of ketones is 1. The number of aromatic nitrogens is 4. The minimum atomic E-state index is 0.0698. The van der Waals surface area contributed by atoms with Crippen LogP contribution in [0.25, 0.3) is 21.9 Å². The van der Waals surface area contributed by atoms with E-state index in [0.717, 1.165) is 52.9 Å². The van der Waals surface area contributed by atoms with Gasteiger partial charge in [-0.25, -0.2) is 0 Å². The van der Waals surface area contributed by atoms with Crippen LogP contribution in [0.5, 0.6) is 0 Å². The Morgan fingerprint density at radius 1 is 0.935 bits per heavy atom. The molecule has 31 heavy (non-hydrogen) atoms. The van der Waals surface area contributed by atoms with Crippen LogP contribution in [0.4, 0.5) is 0 Å². The molecule has 4 aromatic rings. The van der Waals surface area contributed by atoms with Crippen LogP contribution in [0.1, 0.15) is 34.6 Å². The van der Waals surface area contributed by atoms with Crippen molar-refractivity contribution in [3.05, 3.63) is 78.1 Å². The predicted octanol–water partition coefficient (Wildman–Crippen LogP) is 4.05. The second kappa shape index (κ2) is 8.40. The van der Waals surface area contributed by atoms with Crippen LogP contribution in [-0.2, 0) is 20.0 Å². The van der Waals surface area contributed by atoms with Crippen molar-refractivity contribution in [2.75, 3.05) is 13.1 Å². The summed E-state index contributed by atoms with van der Waals surface area (Å²) < 4.78 is 1.79. The monoisotopic (exact) mass is 411 g/mol. The lowest BCUT2D eigenvalue weighted by atomic mass is 10.0. The van der Waals surface area contributed by atoms with Gasteiger partial charge in [-0.1, -0.05) is 12.1 Å². The Balaban J connectivity index is 1.35. The van der Waals surface area contributed by atoms with E-state index in [1.165, 1.54) is 12.8 Å². The van der Waals surface area contributed by atoms with Crippen molar-refractivity contribution in [2.45, 2.75) is 25.8 Å². The number of benzene rings is 1. The molecule has 0 bridgehead atoms. The van der Waals surface area contributed by atoms with Crippen LogP contribution in [0.3, 0.4) is 0 Å². The second-order valence-corrected chi connectivity index (χ2v) is 8.26. The normalized spacial score (nSPS) is 14.4. The number of nitrogens with zero attached hydrogens (tertiary/aromatic N) is 5. The van der Waals surface area contributed by atoms with Crippen LogP contribution < -0.4 is 0 Å². The van der Waals surface area contributed by atoms with Crippen molar-refractivity contribution in [2.24, 2.45) is 7.05 Å². The Labute approximate surface area is 181 Å². The predicted molar refractivity (Wildman–Crippen MR) is 121 cm³/mol. The summed E-state index contributed by atoms with van der Waals surface area (Å²) >= 11 is 0. The maximum Gasteiger partial charge on any atom is 0.168 e. The molecule has 156 valence electrons. The van der Waals surface area contributed by atoms with Gasteiger partial charge >= 0.3 is 0 Å². The summed E-state index contributed by atoms with van der Waals surface area (Å²) in [5.74, 6) is 0.0698. The van der Waals surface area contributed by atoms with Gasteiger partial charge < -0.3 is 0 Å². The molecule has 1 saturated heterocycles. The maximum absolute atomic E-state index is 12.9. The van der Waals surface area contributed by atoms with Crippen molar-refractivity contribution < 1.29 is 4.79 Å². The van der Waals surface area contributed by atoms with Gasteiger partial charge in [0.2, 0.25) is 0 Å². The largest absolute Gasteiger partial charge is 0.298 e. The molecule has 0 spiro atoms. The minimum Gasteiger partial charge on any atom is -0.298 e. The third kappa shape index (κ3) is 4.39. The van der Waals surface area contributed by atoms with E-state index in [0.29, 0.717) is 5.56 Å². The van der Waals surface area contributed by atoms with E-state index in [2.05, 4.69) is 38.2 Å². The number of carbonyl (C=O) groups is 1. The molecule has 0 saturated carbocycles. The lowest BCUT2D eigenvalue weighted by molar-refractivity contribution is 0.0991. The fourth-order valence-electron chi connectivity index (χ4n) is 4.21. The van der Waals surface area contributed by atoms with Gasteiger partial charge in [0.15, 0.2) is 5.78 Å². The Hall–Kier alpha value is -3.38. The molecule has 5 rings (SSSR count). The summed E-state index contributed by atoms with van der Waals surface area (Å²) in [4.78, 5) is 24.3. The number of rotatable bonds is 6. The van der Waals surface area contributed by atoms with E-state index < -0.39 is 0 Å². The second-order valence-electron chi connectivity index (χ2n) is 8.26. The lowest BCUT2D eigenvalue weighted by Crippen LogP contribution is -2.19. The summed E-state index contributed by atoms with van der Waals surface area (Å²) in [6.07, 6.45) is 10.2. The van der Waals surface area contributed by atoms with Crippen molar-refractivity contribution >= 4 is 16.6 Å². The van der Waals surface area contributed by atoms with Gasteiger partial charge in [-0.2, -0.15) is 5.10 Å². The molecule has 1 aliphatic heterocycles. The summed E-state index contributed by atoms with van der Waals surface area (Å²) in [6, 6.07) is 12.0. The molecule has 0 N–H and O–H groups in total. The maximum atomic E-state index is 12.9. The average Bonchev–Trinajstić information content (AvgIpc) is 3.45. The molecule has 0 radical (unpaired) electrons. The van der Waals surface area contributed by atoms with Crippen molar-refractivity contribution in [3.8, 4) is 11.1 Å². The van der Waals surface area contributed by atoms with Crippen LogP contribution in [0, 0.1) is 0 Å². The summed E-state index contributed by atoms with van der Waals surface area (Å²) in [5, 5.41) is 6.38. The molecule has 4 heterocycles. The topological polar surface area (TPSA) is 63.9 Å². The number of pyridine rings is 2. The lowest BCUT2D eigenvalue weighted by Gasteiger charge is -2.14. The first-order valence-corrected chi connectivity index (χ1v) is 10.7. The van der Waals surface area contributed by atoms with Crippen molar-refractivity contribution in [1.82, 2.24) is 24.6 Å². The van der Waals surface area contributed by atoms with E-state index in [1.807, 2.05) is 37.8 Å². The van der Waals surface area contributed by atoms with Crippen LogP contribution in [0.15, 0.2) is 61.2 Å². The van der Waals surface area contributed by atoms with E-state index in [9.17, 15) is 4.79 Å². The van der Waals surface area contributed by atoms with Gasteiger partial charge in [0.25, 0.3) is 0 Å². The van der Waals surface area contributed by atoms with Crippen molar-refractivity contribution in [3.63, 3.8) is 0 Å². The molecular formula is C25H25N5O. The molecule has 0 amide bonds. The van der Waals surface area contributed by atoms with E-state index in [4.69, 9.17) is 0 Å². The van der Waals surface area contributed by atoms with Crippen LogP contribution in [-0.4, -0.2) is 43.5 Å².